The highest BCUT2D eigenvalue weighted by atomic mass is 16.2. The summed E-state index contributed by atoms with van der Waals surface area (Å²) in [5.74, 6) is 1.45. The summed E-state index contributed by atoms with van der Waals surface area (Å²) in [6.45, 7) is 6.87. The molecule has 4 rings (SSSR count). The van der Waals surface area contributed by atoms with Crippen molar-refractivity contribution < 1.29 is 0 Å². The Kier molecular flexibility index (Phi) is 6.16. The number of nitrogens with one attached hydrogen (secondary N) is 1. The van der Waals surface area contributed by atoms with E-state index in [-0.39, 0.29) is 5.69 Å². The molecule has 8 heteroatoms. The highest BCUT2D eigenvalue weighted by molar-refractivity contribution is 5.80. The van der Waals surface area contributed by atoms with Crippen molar-refractivity contribution in [1.82, 2.24) is 35.0 Å². The van der Waals surface area contributed by atoms with E-state index in [9.17, 15) is 4.79 Å². The van der Waals surface area contributed by atoms with E-state index in [0.29, 0.717) is 18.9 Å². The number of nitrogens with zero attached hydrogens (tertiary/aromatic N) is 6. The molecule has 0 amide bonds. The molecule has 0 saturated heterocycles. The summed E-state index contributed by atoms with van der Waals surface area (Å²) >= 11 is 0. The van der Waals surface area contributed by atoms with Crippen molar-refractivity contribution in [1.29, 1.82) is 0 Å². The van der Waals surface area contributed by atoms with E-state index < -0.39 is 0 Å². The van der Waals surface area contributed by atoms with Crippen LogP contribution in [-0.4, -0.2) is 35.0 Å². The Labute approximate surface area is 180 Å². The smallest absolute Gasteiger partial charge is 0.274 e. The van der Waals surface area contributed by atoms with Crippen molar-refractivity contribution in [3.63, 3.8) is 0 Å². The van der Waals surface area contributed by atoms with Gasteiger partial charge in [0.25, 0.3) is 0 Å². The standard InChI is InChI=1S/C23H25N7O/c1-3-5-15-30-23(31)29(21(26-30)8-4-2)16-17-11-13-18(14-12-17)19-9-6-7-10-20(19)22-24-27-28-25-22/h3,6-7,9-14H,1,4-5,8,15-16H2,2H3,(H,24,25,27,28). The molecule has 0 radical (unpaired) electrons. The second-order valence-corrected chi connectivity index (χ2v) is 7.33. The summed E-state index contributed by atoms with van der Waals surface area (Å²) in [6.07, 6.45) is 4.23. The first kappa shape index (κ1) is 20.5. The fraction of sp³-hybridized carbons (Fsp3) is 0.261. The predicted molar refractivity (Wildman–Crippen MR) is 119 cm³/mol. The summed E-state index contributed by atoms with van der Waals surface area (Å²) in [7, 11) is 0. The molecule has 0 saturated carbocycles. The van der Waals surface area contributed by atoms with Crippen LogP contribution in [-0.2, 0) is 19.5 Å². The number of hydrogen-bond acceptors (Lipinski definition) is 5. The Morgan fingerprint density at radius 3 is 2.55 bits per heavy atom. The Hall–Kier alpha value is -3.81. The lowest BCUT2D eigenvalue weighted by Gasteiger charge is -2.09. The summed E-state index contributed by atoms with van der Waals surface area (Å²) in [5, 5.41) is 18.8. The zero-order valence-electron chi connectivity index (χ0n) is 17.5. The van der Waals surface area contributed by atoms with Gasteiger partial charge in [-0.25, -0.2) is 14.6 Å². The number of tetrazole rings is 1. The van der Waals surface area contributed by atoms with Crippen molar-refractivity contribution in [2.45, 2.75) is 39.3 Å². The van der Waals surface area contributed by atoms with Crippen molar-refractivity contribution in [3.05, 3.63) is 83.1 Å². The maximum absolute atomic E-state index is 12.8. The number of allylic oxidation sites excluding steroid dienone is 1. The molecule has 0 spiro atoms. The first-order chi connectivity index (χ1) is 15.2. The van der Waals surface area contributed by atoms with Crippen LogP contribution in [0.2, 0.25) is 0 Å². The van der Waals surface area contributed by atoms with Gasteiger partial charge in [0.05, 0.1) is 6.54 Å². The third-order valence-electron chi connectivity index (χ3n) is 5.15. The van der Waals surface area contributed by atoms with Crippen molar-refractivity contribution in [2.75, 3.05) is 0 Å². The van der Waals surface area contributed by atoms with Crippen LogP contribution in [0.15, 0.2) is 66.0 Å². The van der Waals surface area contributed by atoms with Crippen LogP contribution in [0.5, 0.6) is 0 Å². The summed E-state index contributed by atoms with van der Waals surface area (Å²) in [6, 6.07) is 16.2. The molecule has 2 aromatic carbocycles. The quantitative estimate of drug-likeness (QED) is 0.423. The van der Waals surface area contributed by atoms with E-state index in [2.05, 4.69) is 51.4 Å². The van der Waals surface area contributed by atoms with Crippen LogP contribution < -0.4 is 5.69 Å². The van der Waals surface area contributed by atoms with E-state index in [1.807, 2.05) is 36.4 Å². The number of benzene rings is 2. The largest absolute Gasteiger partial charge is 0.346 e. The Bertz CT molecular complexity index is 1200. The van der Waals surface area contributed by atoms with Gasteiger partial charge in [0, 0.05) is 18.5 Å². The van der Waals surface area contributed by atoms with Crippen LogP contribution >= 0.6 is 0 Å². The molecular weight excluding hydrogens is 390 g/mol. The van der Waals surface area contributed by atoms with Gasteiger partial charge in [-0.15, -0.1) is 11.7 Å². The normalized spacial score (nSPS) is 11.0. The highest BCUT2D eigenvalue weighted by Crippen LogP contribution is 2.29. The highest BCUT2D eigenvalue weighted by Gasteiger charge is 2.14. The lowest BCUT2D eigenvalue weighted by molar-refractivity contribution is 0.586. The molecule has 31 heavy (non-hydrogen) atoms. The van der Waals surface area contributed by atoms with Gasteiger partial charge in [-0.3, -0.25) is 4.57 Å². The molecule has 0 unspecified atom stereocenters. The van der Waals surface area contributed by atoms with E-state index in [1.165, 1.54) is 0 Å². The molecule has 4 aromatic rings. The van der Waals surface area contributed by atoms with E-state index >= 15 is 0 Å². The van der Waals surface area contributed by atoms with Crippen LogP contribution in [0, 0.1) is 0 Å². The topological polar surface area (TPSA) is 94.3 Å². The summed E-state index contributed by atoms with van der Waals surface area (Å²) in [4.78, 5) is 12.8. The monoisotopic (exact) mass is 415 g/mol. The minimum Gasteiger partial charge on any atom is -0.274 e. The third-order valence-corrected chi connectivity index (χ3v) is 5.15. The van der Waals surface area contributed by atoms with Crippen molar-refractivity contribution in [3.8, 4) is 22.5 Å². The van der Waals surface area contributed by atoms with Crippen LogP contribution in [0.3, 0.4) is 0 Å². The van der Waals surface area contributed by atoms with E-state index in [0.717, 1.165) is 47.3 Å². The van der Waals surface area contributed by atoms with Gasteiger partial charge in [-0.05, 0) is 40.0 Å². The third kappa shape index (κ3) is 4.37. The minimum atomic E-state index is -0.0717. The van der Waals surface area contributed by atoms with Crippen molar-refractivity contribution >= 4 is 0 Å². The summed E-state index contributed by atoms with van der Waals surface area (Å²) in [5.41, 5.74) is 4.00. The van der Waals surface area contributed by atoms with Gasteiger partial charge >= 0.3 is 5.69 Å². The second kappa shape index (κ2) is 9.34. The molecule has 0 aliphatic heterocycles. The number of hydrogen-bond donors (Lipinski definition) is 1. The zero-order valence-corrected chi connectivity index (χ0v) is 17.5. The molecule has 1 N–H and O–H groups in total. The lowest BCUT2D eigenvalue weighted by Crippen LogP contribution is -2.26. The molecule has 0 atom stereocenters. The van der Waals surface area contributed by atoms with Crippen LogP contribution in [0.25, 0.3) is 22.5 Å². The van der Waals surface area contributed by atoms with Gasteiger partial charge < -0.3 is 0 Å². The average molecular weight is 416 g/mol. The maximum atomic E-state index is 12.8. The Morgan fingerprint density at radius 2 is 1.87 bits per heavy atom. The molecule has 158 valence electrons. The number of aryl methyl sites for hydroxylation is 2. The lowest BCUT2D eigenvalue weighted by atomic mass is 9.98. The Morgan fingerprint density at radius 1 is 1.10 bits per heavy atom. The number of aromatic nitrogens is 7. The van der Waals surface area contributed by atoms with Gasteiger partial charge in [0.2, 0.25) is 0 Å². The molecule has 2 aromatic heterocycles. The number of rotatable bonds is 9. The number of H-pyrrole nitrogens is 1. The van der Waals surface area contributed by atoms with Gasteiger partial charge in [-0.2, -0.15) is 5.10 Å². The predicted octanol–water partition coefficient (Wildman–Crippen LogP) is 3.47. The molecule has 0 bridgehead atoms. The SMILES string of the molecule is C=CCCn1nc(CCC)n(Cc2ccc(-c3ccccc3-c3nnn[nH]3)cc2)c1=O. The molecule has 2 heterocycles. The summed E-state index contributed by atoms with van der Waals surface area (Å²) < 4.78 is 3.32. The minimum absolute atomic E-state index is 0.0717. The molecular formula is C23H25N7O. The Balaban J connectivity index is 1.61. The maximum Gasteiger partial charge on any atom is 0.346 e. The first-order valence-electron chi connectivity index (χ1n) is 10.4. The van der Waals surface area contributed by atoms with Crippen LogP contribution in [0.1, 0.15) is 31.2 Å². The zero-order chi connectivity index (χ0) is 21.6. The molecule has 0 aliphatic rings. The average Bonchev–Trinajstić information content (AvgIpc) is 3.43. The van der Waals surface area contributed by atoms with Gasteiger partial charge in [-0.1, -0.05) is 61.5 Å². The van der Waals surface area contributed by atoms with E-state index in [1.54, 1.807) is 15.3 Å². The van der Waals surface area contributed by atoms with E-state index in [4.69, 9.17) is 0 Å². The fourth-order valence-corrected chi connectivity index (χ4v) is 3.60. The first-order valence-corrected chi connectivity index (χ1v) is 10.4. The fourth-order valence-electron chi connectivity index (χ4n) is 3.60. The van der Waals surface area contributed by atoms with Crippen molar-refractivity contribution in [2.24, 2.45) is 0 Å². The van der Waals surface area contributed by atoms with Crippen LogP contribution in [0.4, 0.5) is 0 Å². The number of aromatic amines is 1. The van der Waals surface area contributed by atoms with Gasteiger partial charge in [0.1, 0.15) is 5.82 Å². The molecule has 8 nitrogen and oxygen atoms in total. The molecule has 0 aliphatic carbocycles. The van der Waals surface area contributed by atoms with Gasteiger partial charge in [0.15, 0.2) is 5.82 Å². The second-order valence-electron chi connectivity index (χ2n) is 7.33. The molecule has 0 fully saturated rings.